The second kappa shape index (κ2) is 5.87. The van der Waals surface area contributed by atoms with Crippen LogP contribution in [0.3, 0.4) is 0 Å². The van der Waals surface area contributed by atoms with Crippen molar-refractivity contribution in [1.82, 2.24) is 10.3 Å². The van der Waals surface area contributed by atoms with Crippen LogP contribution in [0.1, 0.15) is 27.0 Å². The van der Waals surface area contributed by atoms with E-state index in [1.807, 2.05) is 0 Å². The first-order valence-corrected chi connectivity index (χ1v) is 6.34. The molecule has 2 aromatic rings. The maximum Gasteiger partial charge on any atom is 0.254 e. The maximum absolute atomic E-state index is 13.7. The molecule has 0 aliphatic carbocycles. The SMILES string of the molecule is Cc1cc(CNC(=O)c2ccnc(N)c2F)cc(C)c1F. The van der Waals surface area contributed by atoms with E-state index in [1.165, 1.54) is 12.3 Å². The van der Waals surface area contributed by atoms with E-state index in [-0.39, 0.29) is 23.7 Å². The summed E-state index contributed by atoms with van der Waals surface area (Å²) in [4.78, 5) is 15.5. The number of nitrogens with zero attached hydrogens (tertiary/aromatic N) is 1. The van der Waals surface area contributed by atoms with Crippen LogP contribution in [0.15, 0.2) is 24.4 Å². The smallest absolute Gasteiger partial charge is 0.254 e. The van der Waals surface area contributed by atoms with E-state index in [1.54, 1.807) is 26.0 Å². The van der Waals surface area contributed by atoms with Gasteiger partial charge in [0.25, 0.3) is 5.91 Å². The molecule has 2 rings (SSSR count). The Morgan fingerprint density at radius 2 is 1.86 bits per heavy atom. The molecular weight excluding hydrogens is 276 g/mol. The zero-order chi connectivity index (χ0) is 15.6. The van der Waals surface area contributed by atoms with E-state index in [0.717, 1.165) is 5.56 Å². The molecule has 110 valence electrons. The molecule has 0 spiro atoms. The molecule has 6 heteroatoms. The Hall–Kier alpha value is -2.50. The average molecular weight is 291 g/mol. The molecule has 1 aromatic carbocycles. The fourth-order valence-electron chi connectivity index (χ4n) is 2.05. The van der Waals surface area contributed by atoms with Gasteiger partial charge in [0.05, 0.1) is 5.56 Å². The summed E-state index contributed by atoms with van der Waals surface area (Å²) < 4.78 is 27.2. The monoisotopic (exact) mass is 291 g/mol. The first kappa shape index (κ1) is 14.9. The van der Waals surface area contributed by atoms with E-state index >= 15 is 0 Å². The van der Waals surface area contributed by atoms with Crippen LogP contribution in [-0.4, -0.2) is 10.9 Å². The molecule has 0 bridgehead atoms. The third kappa shape index (κ3) is 3.16. The number of aromatic nitrogens is 1. The van der Waals surface area contributed by atoms with E-state index in [9.17, 15) is 13.6 Å². The minimum atomic E-state index is -0.846. The normalized spacial score (nSPS) is 10.5. The van der Waals surface area contributed by atoms with E-state index in [4.69, 9.17) is 5.73 Å². The van der Waals surface area contributed by atoms with Crippen LogP contribution in [0.4, 0.5) is 14.6 Å². The fraction of sp³-hybridized carbons (Fsp3) is 0.200. The van der Waals surface area contributed by atoms with E-state index in [2.05, 4.69) is 10.3 Å². The summed E-state index contributed by atoms with van der Waals surface area (Å²) in [5, 5.41) is 2.57. The summed E-state index contributed by atoms with van der Waals surface area (Å²) in [5.41, 5.74) is 6.88. The van der Waals surface area contributed by atoms with E-state index in [0.29, 0.717) is 11.1 Å². The first-order valence-electron chi connectivity index (χ1n) is 6.34. The van der Waals surface area contributed by atoms with Gasteiger partial charge >= 0.3 is 0 Å². The quantitative estimate of drug-likeness (QED) is 0.913. The van der Waals surface area contributed by atoms with Crippen molar-refractivity contribution in [2.45, 2.75) is 20.4 Å². The largest absolute Gasteiger partial charge is 0.381 e. The molecule has 4 nitrogen and oxygen atoms in total. The zero-order valence-electron chi connectivity index (χ0n) is 11.7. The minimum absolute atomic E-state index is 0.168. The summed E-state index contributed by atoms with van der Waals surface area (Å²) in [6.45, 7) is 3.47. The third-order valence-corrected chi connectivity index (χ3v) is 3.11. The number of aryl methyl sites for hydroxylation is 2. The molecule has 1 heterocycles. The van der Waals surface area contributed by atoms with Crippen molar-refractivity contribution in [2.24, 2.45) is 0 Å². The Bertz CT molecular complexity index is 678. The van der Waals surface area contributed by atoms with E-state index < -0.39 is 11.7 Å². The van der Waals surface area contributed by atoms with Crippen LogP contribution in [-0.2, 0) is 6.54 Å². The predicted molar refractivity (Wildman–Crippen MR) is 75.7 cm³/mol. The Kier molecular flexibility index (Phi) is 4.16. The number of benzene rings is 1. The summed E-state index contributed by atoms with van der Waals surface area (Å²) in [6, 6.07) is 4.53. The number of nitrogens with one attached hydrogen (secondary N) is 1. The second-order valence-corrected chi connectivity index (χ2v) is 4.78. The van der Waals surface area contributed by atoms with Gasteiger partial charge in [-0.15, -0.1) is 0 Å². The van der Waals surface area contributed by atoms with Crippen LogP contribution < -0.4 is 11.1 Å². The molecule has 0 aliphatic rings. The first-order chi connectivity index (χ1) is 9.90. The van der Waals surface area contributed by atoms with Gasteiger partial charge in [0.2, 0.25) is 0 Å². The van der Waals surface area contributed by atoms with Gasteiger partial charge in [0, 0.05) is 12.7 Å². The van der Waals surface area contributed by atoms with Crippen LogP contribution >= 0.6 is 0 Å². The van der Waals surface area contributed by atoms with Crippen LogP contribution in [0, 0.1) is 25.5 Å². The molecule has 0 radical (unpaired) electrons. The number of pyridine rings is 1. The zero-order valence-corrected chi connectivity index (χ0v) is 11.7. The van der Waals surface area contributed by atoms with Crippen molar-refractivity contribution in [3.8, 4) is 0 Å². The lowest BCUT2D eigenvalue weighted by Crippen LogP contribution is -2.24. The van der Waals surface area contributed by atoms with Gasteiger partial charge in [-0.25, -0.2) is 13.8 Å². The molecule has 0 fully saturated rings. The highest BCUT2D eigenvalue weighted by Crippen LogP contribution is 2.15. The summed E-state index contributed by atoms with van der Waals surface area (Å²) in [7, 11) is 0. The number of nitrogens with two attached hydrogens (primary N) is 1. The Morgan fingerprint density at radius 1 is 1.24 bits per heavy atom. The number of nitrogen functional groups attached to an aromatic ring is 1. The number of carbonyl (C=O) groups is 1. The number of hydrogen-bond acceptors (Lipinski definition) is 3. The number of halogens is 2. The molecular formula is C15H15F2N3O. The molecule has 0 atom stereocenters. The Labute approximate surface area is 121 Å². The maximum atomic E-state index is 13.7. The summed E-state index contributed by atoms with van der Waals surface area (Å²) >= 11 is 0. The van der Waals surface area contributed by atoms with Crippen molar-refractivity contribution in [3.05, 3.63) is 58.3 Å². The number of anilines is 1. The van der Waals surface area contributed by atoms with Crippen LogP contribution in [0.2, 0.25) is 0 Å². The summed E-state index contributed by atoms with van der Waals surface area (Å²) in [6.07, 6.45) is 1.26. The van der Waals surface area contributed by atoms with Crippen molar-refractivity contribution in [2.75, 3.05) is 5.73 Å². The van der Waals surface area contributed by atoms with Crippen LogP contribution in [0.5, 0.6) is 0 Å². The van der Waals surface area contributed by atoms with Gasteiger partial charge in [-0.1, -0.05) is 12.1 Å². The van der Waals surface area contributed by atoms with Gasteiger partial charge in [-0.05, 0) is 36.6 Å². The Morgan fingerprint density at radius 3 is 2.48 bits per heavy atom. The molecule has 3 N–H and O–H groups in total. The number of hydrogen-bond donors (Lipinski definition) is 2. The lowest BCUT2D eigenvalue weighted by molar-refractivity contribution is 0.0947. The second-order valence-electron chi connectivity index (χ2n) is 4.78. The van der Waals surface area contributed by atoms with Crippen molar-refractivity contribution >= 4 is 11.7 Å². The molecule has 0 saturated carbocycles. The molecule has 21 heavy (non-hydrogen) atoms. The van der Waals surface area contributed by atoms with Crippen molar-refractivity contribution in [1.29, 1.82) is 0 Å². The van der Waals surface area contributed by atoms with Gasteiger partial charge in [-0.2, -0.15) is 0 Å². The highest BCUT2D eigenvalue weighted by Gasteiger charge is 2.14. The number of amides is 1. The molecule has 1 amide bonds. The molecule has 1 aromatic heterocycles. The fourth-order valence-corrected chi connectivity index (χ4v) is 2.05. The van der Waals surface area contributed by atoms with Crippen molar-refractivity contribution in [3.63, 3.8) is 0 Å². The highest BCUT2D eigenvalue weighted by atomic mass is 19.1. The molecule has 0 aliphatic heterocycles. The summed E-state index contributed by atoms with van der Waals surface area (Å²) in [5.74, 6) is -2.03. The number of rotatable bonds is 3. The standard InChI is InChI=1S/C15H15F2N3O/c1-8-5-10(6-9(2)12(8)16)7-20-15(21)11-3-4-19-14(18)13(11)17/h3-6H,7H2,1-2H3,(H2,18,19)(H,20,21). The minimum Gasteiger partial charge on any atom is -0.381 e. The van der Waals surface area contributed by atoms with Gasteiger partial charge < -0.3 is 11.1 Å². The lowest BCUT2D eigenvalue weighted by atomic mass is 10.1. The predicted octanol–water partition coefficient (Wildman–Crippen LogP) is 2.49. The molecule has 0 saturated heterocycles. The van der Waals surface area contributed by atoms with Crippen molar-refractivity contribution < 1.29 is 13.6 Å². The highest BCUT2D eigenvalue weighted by molar-refractivity contribution is 5.95. The number of carbonyl (C=O) groups excluding carboxylic acids is 1. The van der Waals surface area contributed by atoms with Gasteiger partial charge in [0.1, 0.15) is 5.82 Å². The Balaban J connectivity index is 2.13. The molecule has 0 unspecified atom stereocenters. The van der Waals surface area contributed by atoms with Gasteiger partial charge in [0.15, 0.2) is 11.6 Å². The van der Waals surface area contributed by atoms with Gasteiger partial charge in [-0.3, -0.25) is 4.79 Å². The average Bonchev–Trinajstić information content (AvgIpc) is 2.45. The van der Waals surface area contributed by atoms with Crippen LogP contribution in [0.25, 0.3) is 0 Å². The topological polar surface area (TPSA) is 68.0 Å². The third-order valence-electron chi connectivity index (χ3n) is 3.11. The lowest BCUT2D eigenvalue weighted by Gasteiger charge is -2.09.